The Labute approximate surface area is 172 Å². The largest absolute Gasteiger partial charge is 0.506 e. The summed E-state index contributed by atoms with van der Waals surface area (Å²) in [7, 11) is 0. The molecule has 3 aromatic rings. The Kier molecular flexibility index (Phi) is 5.78. The van der Waals surface area contributed by atoms with Gasteiger partial charge in [0, 0.05) is 11.6 Å². The first kappa shape index (κ1) is 20.6. The van der Waals surface area contributed by atoms with Gasteiger partial charge in [0.15, 0.2) is 0 Å². The van der Waals surface area contributed by atoms with E-state index in [0.29, 0.717) is 12.1 Å². The molecule has 0 aliphatic heterocycles. The molecule has 1 aromatic heterocycles. The number of hydrogen-bond donors (Lipinski definition) is 1. The van der Waals surface area contributed by atoms with E-state index in [-0.39, 0.29) is 17.9 Å². The molecule has 0 aliphatic carbocycles. The molecular weight excluding hydrogens is 364 g/mol. The maximum absolute atomic E-state index is 13.1. The molecule has 5 nitrogen and oxygen atoms in total. The zero-order valence-electron chi connectivity index (χ0n) is 17.6. The number of carbonyl (C=O) groups is 1. The van der Waals surface area contributed by atoms with Crippen LogP contribution in [0.5, 0.6) is 5.75 Å². The second-order valence-corrected chi connectivity index (χ2v) is 8.34. The molecule has 5 heteroatoms. The van der Waals surface area contributed by atoms with Gasteiger partial charge in [-0.2, -0.15) is 0 Å². The van der Waals surface area contributed by atoms with E-state index in [2.05, 4.69) is 4.98 Å². The summed E-state index contributed by atoms with van der Waals surface area (Å²) in [5.41, 5.74) is 3.02. The highest BCUT2D eigenvalue weighted by molar-refractivity contribution is 5.87. The molecule has 1 N–H and O–H groups in total. The van der Waals surface area contributed by atoms with Gasteiger partial charge in [-0.25, -0.2) is 4.79 Å². The van der Waals surface area contributed by atoms with E-state index in [9.17, 15) is 9.90 Å². The average Bonchev–Trinajstić information content (AvgIpc) is 2.66. The van der Waals surface area contributed by atoms with Crippen molar-refractivity contribution in [1.82, 2.24) is 9.88 Å². The van der Waals surface area contributed by atoms with Gasteiger partial charge in [0.2, 0.25) is 0 Å². The molecule has 0 radical (unpaired) electrons. The first-order valence-electron chi connectivity index (χ1n) is 9.77. The number of benzene rings is 2. The van der Waals surface area contributed by atoms with E-state index in [1.165, 1.54) is 5.56 Å². The highest BCUT2D eigenvalue weighted by atomic mass is 16.6. The standard InChI is InChI=1S/C24H28N2O3/c1-16-8-10-18(11-9-16)17(2)26(23(28)29-24(3,4)5)15-19-12-13-21(27)22-20(19)7-6-14-25-22/h6-14,17,27H,15H2,1-5H3/t17-/m0/s1. The van der Waals surface area contributed by atoms with Crippen LogP contribution in [0.1, 0.15) is 50.4 Å². The Bertz CT molecular complexity index is 1010. The van der Waals surface area contributed by atoms with Gasteiger partial charge in [0.1, 0.15) is 16.9 Å². The summed E-state index contributed by atoms with van der Waals surface area (Å²) >= 11 is 0. The van der Waals surface area contributed by atoms with Crippen LogP contribution < -0.4 is 0 Å². The van der Waals surface area contributed by atoms with Gasteiger partial charge in [0.25, 0.3) is 0 Å². The lowest BCUT2D eigenvalue weighted by Gasteiger charge is -2.32. The Morgan fingerprint density at radius 3 is 2.48 bits per heavy atom. The van der Waals surface area contributed by atoms with Crippen LogP contribution in [-0.4, -0.2) is 26.7 Å². The van der Waals surface area contributed by atoms with Crippen molar-refractivity contribution in [2.45, 2.75) is 52.8 Å². The van der Waals surface area contributed by atoms with Crippen LogP contribution >= 0.6 is 0 Å². The van der Waals surface area contributed by atoms with E-state index < -0.39 is 5.60 Å². The van der Waals surface area contributed by atoms with Crippen molar-refractivity contribution in [2.24, 2.45) is 0 Å². The molecule has 0 unspecified atom stereocenters. The van der Waals surface area contributed by atoms with Gasteiger partial charge in [0.05, 0.1) is 12.6 Å². The molecule has 152 valence electrons. The lowest BCUT2D eigenvalue weighted by molar-refractivity contribution is 0.0154. The molecular formula is C24H28N2O3. The number of carbonyl (C=O) groups excluding carboxylic acids is 1. The lowest BCUT2D eigenvalue weighted by Crippen LogP contribution is -2.38. The number of phenolic OH excluding ortho intramolecular Hbond substituents is 1. The number of fused-ring (bicyclic) bond motifs is 1. The Morgan fingerprint density at radius 1 is 1.14 bits per heavy atom. The molecule has 0 fully saturated rings. The van der Waals surface area contributed by atoms with Gasteiger partial charge >= 0.3 is 6.09 Å². The van der Waals surface area contributed by atoms with Gasteiger partial charge < -0.3 is 9.84 Å². The molecule has 0 spiro atoms. The summed E-state index contributed by atoms with van der Waals surface area (Å²) in [4.78, 5) is 19.1. The number of nitrogens with zero attached hydrogens (tertiary/aromatic N) is 2. The fraction of sp³-hybridized carbons (Fsp3) is 0.333. The number of amides is 1. The predicted octanol–water partition coefficient (Wildman–Crippen LogP) is 5.75. The number of phenols is 1. The highest BCUT2D eigenvalue weighted by Gasteiger charge is 2.27. The second kappa shape index (κ2) is 8.11. The molecule has 1 amide bonds. The molecule has 0 saturated heterocycles. The number of pyridine rings is 1. The van der Waals surface area contributed by atoms with Gasteiger partial charge in [-0.1, -0.05) is 42.0 Å². The van der Waals surface area contributed by atoms with Crippen molar-refractivity contribution in [3.8, 4) is 5.75 Å². The Hall–Kier alpha value is -3.08. The number of ether oxygens (including phenoxy) is 1. The van der Waals surface area contributed by atoms with Crippen molar-refractivity contribution < 1.29 is 14.6 Å². The summed E-state index contributed by atoms with van der Waals surface area (Å²) in [5, 5.41) is 11.0. The van der Waals surface area contributed by atoms with E-state index >= 15 is 0 Å². The monoisotopic (exact) mass is 392 g/mol. The van der Waals surface area contributed by atoms with E-state index in [4.69, 9.17) is 4.74 Å². The summed E-state index contributed by atoms with van der Waals surface area (Å²) in [6, 6.07) is 15.1. The van der Waals surface area contributed by atoms with Crippen LogP contribution in [0, 0.1) is 6.92 Å². The SMILES string of the molecule is Cc1ccc([C@H](C)N(Cc2ccc(O)c3ncccc23)C(=O)OC(C)(C)C)cc1. The van der Waals surface area contributed by atoms with E-state index in [1.54, 1.807) is 17.2 Å². The average molecular weight is 392 g/mol. The summed E-state index contributed by atoms with van der Waals surface area (Å²) < 4.78 is 5.70. The third-order valence-electron chi connectivity index (χ3n) is 4.83. The number of rotatable bonds is 4. The number of hydrogen-bond acceptors (Lipinski definition) is 4. The molecule has 0 aliphatic rings. The highest BCUT2D eigenvalue weighted by Crippen LogP contribution is 2.30. The van der Waals surface area contributed by atoms with Crippen molar-refractivity contribution >= 4 is 17.0 Å². The predicted molar refractivity (Wildman–Crippen MR) is 115 cm³/mol. The van der Waals surface area contributed by atoms with Crippen LogP contribution in [0.3, 0.4) is 0 Å². The number of aromatic hydroxyl groups is 1. The fourth-order valence-electron chi connectivity index (χ4n) is 3.24. The second-order valence-electron chi connectivity index (χ2n) is 8.34. The van der Waals surface area contributed by atoms with Crippen LogP contribution in [-0.2, 0) is 11.3 Å². The van der Waals surface area contributed by atoms with Crippen molar-refractivity contribution in [2.75, 3.05) is 0 Å². The molecule has 2 aromatic carbocycles. The molecule has 0 saturated carbocycles. The maximum atomic E-state index is 13.1. The zero-order valence-corrected chi connectivity index (χ0v) is 17.6. The topological polar surface area (TPSA) is 62.7 Å². The van der Waals surface area contributed by atoms with Gasteiger partial charge in [-0.15, -0.1) is 0 Å². The van der Waals surface area contributed by atoms with Crippen LogP contribution in [0.4, 0.5) is 4.79 Å². The van der Waals surface area contributed by atoms with Crippen molar-refractivity contribution in [3.05, 3.63) is 71.4 Å². The summed E-state index contributed by atoms with van der Waals surface area (Å²) in [6.45, 7) is 9.95. The molecule has 0 bridgehead atoms. The molecule has 1 atom stereocenters. The quantitative estimate of drug-likeness (QED) is 0.614. The Balaban J connectivity index is 2.00. The van der Waals surface area contributed by atoms with Crippen LogP contribution in [0.2, 0.25) is 0 Å². The maximum Gasteiger partial charge on any atom is 0.411 e. The van der Waals surface area contributed by atoms with Gasteiger partial charge in [-0.3, -0.25) is 9.88 Å². The first-order chi connectivity index (χ1) is 13.7. The van der Waals surface area contributed by atoms with Gasteiger partial charge in [-0.05, 0) is 57.9 Å². The minimum atomic E-state index is -0.596. The van der Waals surface area contributed by atoms with Crippen molar-refractivity contribution in [1.29, 1.82) is 0 Å². The summed E-state index contributed by atoms with van der Waals surface area (Å²) in [6.07, 6.45) is 1.27. The molecule has 29 heavy (non-hydrogen) atoms. The minimum absolute atomic E-state index is 0.125. The fourth-order valence-corrected chi connectivity index (χ4v) is 3.24. The smallest absolute Gasteiger partial charge is 0.411 e. The van der Waals surface area contributed by atoms with Crippen LogP contribution in [0.25, 0.3) is 10.9 Å². The van der Waals surface area contributed by atoms with E-state index in [0.717, 1.165) is 16.5 Å². The van der Waals surface area contributed by atoms with Crippen molar-refractivity contribution in [3.63, 3.8) is 0 Å². The lowest BCUT2D eigenvalue weighted by atomic mass is 10.0. The normalized spacial score (nSPS) is 12.6. The molecule has 1 heterocycles. The molecule has 3 rings (SSSR count). The first-order valence-corrected chi connectivity index (χ1v) is 9.77. The Morgan fingerprint density at radius 2 is 1.83 bits per heavy atom. The number of aryl methyl sites for hydroxylation is 1. The third-order valence-corrected chi connectivity index (χ3v) is 4.83. The zero-order chi connectivity index (χ0) is 21.2. The number of aromatic nitrogens is 1. The summed E-state index contributed by atoms with van der Waals surface area (Å²) in [5.74, 6) is 0.125. The minimum Gasteiger partial charge on any atom is -0.506 e. The van der Waals surface area contributed by atoms with Crippen LogP contribution in [0.15, 0.2) is 54.7 Å². The van der Waals surface area contributed by atoms with E-state index in [1.807, 2.05) is 77.1 Å². The third kappa shape index (κ3) is 4.86.